The number of piperazine rings is 1. The van der Waals surface area contributed by atoms with Crippen molar-refractivity contribution in [2.75, 3.05) is 32.8 Å². The zero-order chi connectivity index (χ0) is 14.4. The van der Waals surface area contributed by atoms with Crippen molar-refractivity contribution >= 4 is 5.91 Å². The maximum absolute atomic E-state index is 13.3. The van der Waals surface area contributed by atoms with E-state index in [9.17, 15) is 9.18 Å². The number of ether oxygens (including phenoxy) is 1. The number of halogens is 1. The SMILES string of the molecule is CCOc1ccc(F)cc1CCC(=O)N1CCNCC1. The van der Waals surface area contributed by atoms with Gasteiger partial charge in [-0.15, -0.1) is 0 Å². The molecule has 4 nitrogen and oxygen atoms in total. The number of amides is 1. The topological polar surface area (TPSA) is 41.6 Å². The molecule has 1 amide bonds. The lowest BCUT2D eigenvalue weighted by atomic mass is 10.1. The fraction of sp³-hybridized carbons (Fsp3) is 0.533. The molecule has 1 aromatic rings. The van der Waals surface area contributed by atoms with Crippen molar-refractivity contribution in [1.82, 2.24) is 10.2 Å². The first-order valence-electron chi connectivity index (χ1n) is 7.10. The fourth-order valence-electron chi connectivity index (χ4n) is 2.35. The van der Waals surface area contributed by atoms with E-state index in [2.05, 4.69) is 5.32 Å². The van der Waals surface area contributed by atoms with E-state index in [1.807, 2.05) is 11.8 Å². The molecule has 1 aliphatic rings. The molecule has 0 aromatic heterocycles. The number of carbonyl (C=O) groups excluding carboxylic acids is 1. The second-order valence-electron chi connectivity index (χ2n) is 4.82. The number of rotatable bonds is 5. The van der Waals surface area contributed by atoms with Gasteiger partial charge in [0.2, 0.25) is 5.91 Å². The summed E-state index contributed by atoms with van der Waals surface area (Å²) in [5.41, 5.74) is 0.760. The highest BCUT2D eigenvalue weighted by atomic mass is 19.1. The maximum atomic E-state index is 13.3. The van der Waals surface area contributed by atoms with E-state index in [1.54, 1.807) is 6.07 Å². The normalized spacial score (nSPS) is 15.2. The monoisotopic (exact) mass is 280 g/mol. The van der Waals surface area contributed by atoms with Crippen molar-refractivity contribution in [3.63, 3.8) is 0 Å². The minimum atomic E-state index is -0.293. The Morgan fingerprint density at radius 3 is 2.85 bits per heavy atom. The molecule has 0 unspecified atom stereocenters. The zero-order valence-corrected chi connectivity index (χ0v) is 11.8. The van der Waals surface area contributed by atoms with Crippen LogP contribution in [0.2, 0.25) is 0 Å². The van der Waals surface area contributed by atoms with Crippen LogP contribution in [0.15, 0.2) is 18.2 Å². The van der Waals surface area contributed by atoms with Crippen molar-refractivity contribution in [2.24, 2.45) is 0 Å². The highest BCUT2D eigenvalue weighted by Crippen LogP contribution is 2.21. The predicted octanol–water partition coefficient (Wildman–Crippen LogP) is 1.59. The van der Waals surface area contributed by atoms with Gasteiger partial charge >= 0.3 is 0 Å². The average Bonchev–Trinajstić information content (AvgIpc) is 2.48. The largest absolute Gasteiger partial charge is 0.494 e. The van der Waals surface area contributed by atoms with Crippen LogP contribution in [-0.4, -0.2) is 43.6 Å². The van der Waals surface area contributed by atoms with Crippen LogP contribution in [0, 0.1) is 5.82 Å². The number of hydrogen-bond acceptors (Lipinski definition) is 3. The van der Waals surface area contributed by atoms with Crippen molar-refractivity contribution in [3.8, 4) is 5.75 Å². The molecule has 20 heavy (non-hydrogen) atoms. The number of benzene rings is 1. The third-order valence-electron chi connectivity index (χ3n) is 3.40. The Morgan fingerprint density at radius 1 is 1.40 bits per heavy atom. The summed E-state index contributed by atoms with van der Waals surface area (Å²) in [4.78, 5) is 13.9. The third kappa shape index (κ3) is 3.93. The van der Waals surface area contributed by atoms with Crippen LogP contribution in [0.1, 0.15) is 18.9 Å². The summed E-state index contributed by atoms with van der Waals surface area (Å²) < 4.78 is 18.8. The number of nitrogens with one attached hydrogen (secondary N) is 1. The molecule has 1 fully saturated rings. The van der Waals surface area contributed by atoms with Gasteiger partial charge in [-0.3, -0.25) is 4.79 Å². The predicted molar refractivity (Wildman–Crippen MR) is 75.3 cm³/mol. The average molecular weight is 280 g/mol. The Morgan fingerprint density at radius 2 is 2.15 bits per heavy atom. The summed E-state index contributed by atoms with van der Waals surface area (Å²) in [6.07, 6.45) is 0.902. The van der Waals surface area contributed by atoms with Crippen LogP contribution in [-0.2, 0) is 11.2 Å². The number of hydrogen-bond donors (Lipinski definition) is 1. The number of carbonyl (C=O) groups is 1. The van der Waals surface area contributed by atoms with Crippen molar-refractivity contribution in [2.45, 2.75) is 19.8 Å². The van der Waals surface area contributed by atoms with Gasteiger partial charge in [-0.05, 0) is 37.1 Å². The lowest BCUT2D eigenvalue weighted by molar-refractivity contribution is -0.131. The second-order valence-corrected chi connectivity index (χ2v) is 4.82. The van der Waals surface area contributed by atoms with E-state index in [-0.39, 0.29) is 11.7 Å². The molecular weight excluding hydrogens is 259 g/mol. The first-order valence-corrected chi connectivity index (χ1v) is 7.10. The Balaban J connectivity index is 1.95. The third-order valence-corrected chi connectivity index (χ3v) is 3.40. The van der Waals surface area contributed by atoms with Crippen molar-refractivity contribution in [1.29, 1.82) is 0 Å². The molecule has 1 heterocycles. The Hall–Kier alpha value is -1.62. The van der Waals surface area contributed by atoms with Gasteiger partial charge in [0.1, 0.15) is 11.6 Å². The molecule has 1 saturated heterocycles. The van der Waals surface area contributed by atoms with E-state index in [4.69, 9.17) is 4.74 Å². The van der Waals surface area contributed by atoms with Gasteiger partial charge in [-0.2, -0.15) is 0 Å². The van der Waals surface area contributed by atoms with Crippen LogP contribution < -0.4 is 10.1 Å². The maximum Gasteiger partial charge on any atom is 0.222 e. The summed E-state index contributed by atoms with van der Waals surface area (Å²) in [7, 11) is 0. The highest BCUT2D eigenvalue weighted by Gasteiger charge is 2.16. The van der Waals surface area contributed by atoms with E-state index in [0.717, 1.165) is 31.7 Å². The smallest absolute Gasteiger partial charge is 0.222 e. The van der Waals surface area contributed by atoms with Crippen LogP contribution >= 0.6 is 0 Å². The molecule has 110 valence electrons. The van der Waals surface area contributed by atoms with Gasteiger partial charge in [0.05, 0.1) is 6.61 Å². The first-order chi connectivity index (χ1) is 9.70. The standard InChI is InChI=1S/C15H21FN2O2/c1-2-20-14-5-4-13(16)11-12(14)3-6-15(19)18-9-7-17-8-10-18/h4-5,11,17H,2-3,6-10H2,1H3. The molecule has 2 rings (SSSR count). The van der Waals surface area contributed by atoms with Crippen LogP contribution in [0.3, 0.4) is 0 Å². The second kappa shape index (κ2) is 7.24. The van der Waals surface area contributed by atoms with Gasteiger partial charge in [0.15, 0.2) is 0 Å². The van der Waals surface area contributed by atoms with Crippen LogP contribution in [0.5, 0.6) is 5.75 Å². The lowest BCUT2D eigenvalue weighted by Crippen LogP contribution is -2.46. The molecule has 1 aromatic carbocycles. The Kier molecular flexibility index (Phi) is 5.35. The minimum Gasteiger partial charge on any atom is -0.494 e. The van der Waals surface area contributed by atoms with E-state index < -0.39 is 0 Å². The molecule has 0 aliphatic carbocycles. The Labute approximate surface area is 118 Å². The summed E-state index contributed by atoms with van der Waals surface area (Å²) in [6.45, 7) is 5.61. The minimum absolute atomic E-state index is 0.123. The summed E-state index contributed by atoms with van der Waals surface area (Å²) in [5, 5.41) is 3.21. The Bertz CT molecular complexity index is 459. The molecule has 0 radical (unpaired) electrons. The number of nitrogens with zero attached hydrogens (tertiary/aromatic N) is 1. The van der Waals surface area contributed by atoms with Crippen molar-refractivity contribution < 1.29 is 13.9 Å². The van der Waals surface area contributed by atoms with Crippen molar-refractivity contribution in [3.05, 3.63) is 29.6 Å². The molecule has 0 saturated carbocycles. The zero-order valence-electron chi connectivity index (χ0n) is 11.8. The molecular formula is C15H21FN2O2. The first kappa shape index (κ1) is 14.8. The van der Waals surface area contributed by atoms with E-state index in [0.29, 0.717) is 25.2 Å². The van der Waals surface area contributed by atoms with E-state index >= 15 is 0 Å². The van der Waals surface area contributed by atoms with Gasteiger partial charge in [0, 0.05) is 32.6 Å². The molecule has 0 spiro atoms. The quantitative estimate of drug-likeness (QED) is 0.890. The van der Waals surface area contributed by atoms with Crippen LogP contribution in [0.4, 0.5) is 4.39 Å². The molecule has 5 heteroatoms. The summed E-state index contributed by atoms with van der Waals surface area (Å²) in [5.74, 6) is 0.498. The summed E-state index contributed by atoms with van der Waals surface area (Å²) >= 11 is 0. The lowest BCUT2D eigenvalue weighted by Gasteiger charge is -2.27. The van der Waals surface area contributed by atoms with Gasteiger partial charge in [0.25, 0.3) is 0 Å². The highest BCUT2D eigenvalue weighted by molar-refractivity contribution is 5.76. The fourth-order valence-corrected chi connectivity index (χ4v) is 2.35. The van der Waals surface area contributed by atoms with Gasteiger partial charge < -0.3 is 15.0 Å². The molecule has 0 bridgehead atoms. The molecule has 1 N–H and O–H groups in total. The van der Waals surface area contributed by atoms with E-state index in [1.165, 1.54) is 12.1 Å². The van der Waals surface area contributed by atoms with Gasteiger partial charge in [-0.1, -0.05) is 0 Å². The molecule has 1 aliphatic heterocycles. The summed E-state index contributed by atoms with van der Waals surface area (Å²) in [6, 6.07) is 4.46. The molecule has 0 atom stereocenters. The van der Waals surface area contributed by atoms with Gasteiger partial charge in [-0.25, -0.2) is 4.39 Å². The number of aryl methyl sites for hydroxylation is 1. The van der Waals surface area contributed by atoms with Crippen LogP contribution in [0.25, 0.3) is 0 Å².